The second kappa shape index (κ2) is 10.0. The number of carbonyl (C=O) groups is 3. The number of ether oxygens (including phenoxy) is 1. The number of aromatic carboxylic acids is 1. The zero-order valence-corrected chi connectivity index (χ0v) is 19.6. The van der Waals surface area contributed by atoms with E-state index in [-0.39, 0.29) is 30.7 Å². The molecule has 1 aliphatic rings. The third-order valence-electron chi connectivity index (χ3n) is 5.81. The van der Waals surface area contributed by atoms with Gasteiger partial charge >= 0.3 is 12.1 Å². The van der Waals surface area contributed by atoms with E-state index in [1.807, 2.05) is 24.3 Å². The first-order valence-electron chi connectivity index (χ1n) is 10.9. The molecule has 3 aromatic rings. The number of alkyl carbamates (subject to hydrolysis) is 1. The molecule has 176 valence electrons. The third kappa shape index (κ3) is 4.94. The van der Waals surface area contributed by atoms with Gasteiger partial charge in [0.05, 0.1) is 12.0 Å². The van der Waals surface area contributed by atoms with Crippen molar-refractivity contribution in [1.82, 2.24) is 15.6 Å². The molecule has 0 saturated carbocycles. The molecule has 3 N–H and O–H groups in total. The Morgan fingerprint density at radius 3 is 2.26 bits per heavy atom. The summed E-state index contributed by atoms with van der Waals surface area (Å²) in [6, 6.07) is 15.8. The molecule has 1 aromatic heterocycles. The lowest BCUT2D eigenvalue weighted by atomic mass is 9.98. The molecule has 0 radical (unpaired) electrons. The highest BCUT2D eigenvalue weighted by Gasteiger charge is 2.29. The van der Waals surface area contributed by atoms with Crippen LogP contribution in [0.3, 0.4) is 0 Å². The predicted molar refractivity (Wildman–Crippen MR) is 128 cm³/mol. The fraction of sp³-hybridized carbons (Fsp3) is 0.280. The molecular weight excluding hydrogens is 454 g/mol. The number of carbonyl (C=O) groups excluding carboxylic acids is 2. The monoisotopic (exact) mass is 479 g/mol. The number of hydrogen-bond donors (Lipinski definition) is 3. The SMILES string of the molecule is CC(CNC(=O)OCC1c2ccccc2-c2ccccc21)C(=O)NC(C)c1nc(C(=O)O)cs1. The Bertz CT molecular complexity index is 1180. The third-order valence-corrected chi connectivity index (χ3v) is 6.84. The maximum Gasteiger partial charge on any atom is 0.407 e. The van der Waals surface area contributed by atoms with Crippen LogP contribution in [0.15, 0.2) is 53.9 Å². The fourth-order valence-electron chi connectivity index (χ4n) is 3.98. The Morgan fingerprint density at radius 2 is 1.68 bits per heavy atom. The van der Waals surface area contributed by atoms with Crippen LogP contribution >= 0.6 is 11.3 Å². The minimum atomic E-state index is -1.11. The van der Waals surface area contributed by atoms with Crippen LogP contribution in [-0.2, 0) is 9.53 Å². The summed E-state index contributed by atoms with van der Waals surface area (Å²) >= 11 is 1.17. The normalized spacial score (nSPS) is 13.9. The van der Waals surface area contributed by atoms with E-state index in [0.29, 0.717) is 5.01 Å². The molecule has 2 aromatic carbocycles. The zero-order chi connectivity index (χ0) is 24.2. The highest BCUT2D eigenvalue weighted by molar-refractivity contribution is 7.09. The second-order valence-corrected chi connectivity index (χ2v) is 9.10. The number of rotatable bonds is 8. The molecule has 8 nitrogen and oxygen atoms in total. The van der Waals surface area contributed by atoms with Gasteiger partial charge in [-0.05, 0) is 29.2 Å². The van der Waals surface area contributed by atoms with Crippen LogP contribution in [-0.4, -0.2) is 41.2 Å². The van der Waals surface area contributed by atoms with E-state index >= 15 is 0 Å². The van der Waals surface area contributed by atoms with Gasteiger partial charge in [0.2, 0.25) is 5.91 Å². The van der Waals surface area contributed by atoms with Gasteiger partial charge in [0.25, 0.3) is 0 Å². The zero-order valence-electron chi connectivity index (χ0n) is 18.8. The number of nitrogens with zero attached hydrogens (tertiary/aromatic N) is 1. The van der Waals surface area contributed by atoms with E-state index in [2.05, 4.69) is 39.9 Å². The van der Waals surface area contributed by atoms with E-state index in [0.717, 1.165) is 22.3 Å². The van der Waals surface area contributed by atoms with Crippen molar-refractivity contribution in [3.63, 3.8) is 0 Å². The lowest BCUT2D eigenvalue weighted by Crippen LogP contribution is -2.38. The molecule has 0 spiro atoms. The number of amides is 2. The van der Waals surface area contributed by atoms with E-state index < -0.39 is 24.0 Å². The molecule has 1 aliphatic carbocycles. The van der Waals surface area contributed by atoms with Gasteiger partial charge in [-0.2, -0.15) is 0 Å². The van der Waals surface area contributed by atoms with Crippen molar-refractivity contribution >= 4 is 29.3 Å². The molecule has 9 heteroatoms. The van der Waals surface area contributed by atoms with Gasteiger partial charge in [0.1, 0.15) is 11.6 Å². The molecule has 34 heavy (non-hydrogen) atoms. The first-order valence-corrected chi connectivity index (χ1v) is 11.8. The summed E-state index contributed by atoms with van der Waals surface area (Å²) in [6.45, 7) is 3.73. The summed E-state index contributed by atoms with van der Waals surface area (Å²) in [5.41, 5.74) is 4.52. The number of carboxylic acids is 1. The van der Waals surface area contributed by atoms with Crippen molar-refractivity contribution < 1.29 is 24.2 Å². The summed E-state index contributed by atoms with van der Waals surface area (Å²) in [7, 11) is 0. The summed E-state index contributed by atoms with van der Waals surface area (Å²) in [4.78, 5) is 39.8. The number of benzene rings is 2. The van der Waals surface area contributed by atoms with Crippen molar-refractivity contribution in [2.24, 2.45) is 5.92 Å². The summed E-state index contributed by atoms with van der Waals surface area (Å²) in [5, 5.41) is 16.4. The first-order chi connectivity index (χ1) is 16.3. The fourth-order valence-corrected chi connectivity index (χ4v) is 4.78. The maximum absolute atomic E-state index is 12.5. The smallest absolute Gasteiger partial charge is 0.407 e. The van der Waals surface area contributed by atoms with Crippen molar-refractivity contribution in [3.8, 4) is 11.1 Å². The van der Waals surface area contributed by atoms with Gasteiger partial charge in [0, 0.05) is 17.8 Å². The Morgan fingerprint density at radius 1 is 1.06 bits per heavy atom. The van der Waals surface area contributed by atoms with Crippen LogP contribution < -0.4 is 10.6 Å². The largest absolute Gasteiger partial charge is 0.476 e. The molecule has 2 atom stereocenters. The van der Waals surface area contributed by atoms with E-state index in [1.54, 1.807) is 13.8 Å². The molecule has 2 unspecified atom stereocenters. The van der Waals surface area contributed by atoms with Crippen molar-refractivity contribution in [2.75, 3.05) is 13.2 Å². The van der Waals surface area contributed by atoms with Gasteiger partial charge < -0.3 is 20.5 Å². The molecule has 0 fully saturated rings. The number of thiazole rings is 1. The minimum absolute atomic E-state index is 0.0336. The number of aromatic nitrogens is 1. The standard InChI is InChI=1S/C25H25N3O5S/c1-14(22(29)27-15(2)23-28-21(13-34-23)24(30)31)11-26-25(32)33-12-20-18-9-5-3-7-16(18)17-8-4-6-10-19(17)20/h3-10,13-15,20H,11-12H2,1-2H3,(H,26,32)(H,27,29)(H,30,31). The van der Waals surface area contributed by atoms with E-state index in [1.165, 1.54) is 16.7 Å². The van der Waals surface area contributed by atoms with Crippen molar-refractivity contribution in [2.45, 2.75) is 25.8 Å². The van der Waals surface area contributed by atoms with Crippen LogP contribution in [0.2, 0.25) is 0 Å². The van der Waals surface area contributed by atoms with Gasteiger partial charge in [-0.1, -0.05) is 55.5 Å². The number of fused-ring (bicyclic) bond motifs is 3. The lowest BCUT2D eigenvalue weighted by Gasteiger charge is -2.17. The molecule has 4 rings (SSSR count). The van der Waals surface area contributed by atoms with Crippen molar-refractivity contribution in [3.05, 3.63) is 75.7 Å². The summed E-state index contributed by atoms with van der Waals surface area (Å²) in [6.07, 6.45) is -0.583. The van der Waals surface area contributed by atoms with Gasteiger partial charge in [-0.15, -0.1) is 11.3 Å². The van der Waals surface area contributed by atoms with Gasteiger partial charge in [-0.25, -0.2) is 14.6 Å². The predicted octanol–water partition coefficient (Wildman–Crippen LogP) is 4.19. The Labute approximate surface area is 201 Å². The quantitative estimate of drug-likeness (QED) is 0.446. The van der Waals surface area contributed by atoms with Crippen LogP contribution in [0.5, 0.6) is 0 Å². The second-order valence-electron chi connectivity index (χ2n) is 8.21. The number of nitrogens with one attached hydrogen (secondary N) is 2. The number of carboxylic acid groups (broad SMARTS) is 1. The van der Waals surface area contributed by atoms with Crippen molar-refractivity contribution in [1.29, 1.82) is 0 Å². The average Bonchev–Trinajstić information content (AvgIpc) is 3.45. The van der Waals surface area contributed by atoms with Gasteiger partial charge in [0.15, 0.2) is 5.69 Å². The number of hydrogen-bond acceptors (Lipinski definition) is 6. The Hall–Kier alpha value is -3.72. The summed E-state index contributed by atoms with van der Waals surface area (Å²) < 4.78 is 5.50. The lowest BCUT2D eigenvalue weighted by molar-refractivity contribution is -0.125. The highest BCUT2D eigenvalue weighted by Crippen LogP contribution is 2.44. The van der Waals surface area contributed by atoms with Crippen LogP contribution in [0, 0.1) is 5.92 Å². The van der Waals surface area contributed by atoms with Crippen LogP contribution in [0.4, 0.5) is 4.79 Å². The molecule has 0 saturated heterocycles. The molecular formula is C25H25N3O5S. The van der Waals surface area contributed by atoms with Crippen LogP contribution in [0.1, 0.15) is 52.4 Å². The topological polar surface area (TPSA) is 118 Å². The minimum Gasteiger partial charge on any atom is -0.476 e. The average molecular weight is 480 g/mol. The van der Waals surface area contributed by atoms with Crippen LogP contribution in [0.25, 0.3) is 11.1 Å². The maximum atomic E-state index is 12.5. The molecule has 2 amide bonds. The van der Waals surface area contributed by atoms with Gasteiger partial charge in [-0.3, -0.25) is 4.79 Å². The molecule has 0 bridgehead atoms. The first kappa shape index (κ1) is 23.4. The van der Waals surface area contributed by atoms with E-state index in [4.69, 9.17) is 9.84 Å². The Kier molecular flexibility index (Phi) is 6.93. The molecule has 0 aliphatic heterocycles. The summed E-state index contributed by atoms with van der Waals surface area (Å²) in [5.74, 6) is -1.93. The highest BCUT2D eigenvalue weighted by atomic mass is 32.1. The Balaban J connectivity index is 1.27. The molecule has 1 heterocycles. The van der Waals surface area contributed by atoms with E-state index in [9.17, 15) is 14.4 Å².